The van der Waals surface area contributed by atoms with Crippen molar-refractivity contribution in [1.29, 1.82) is 0 Å². The molecule has 0 aliphatic carbocycles. The van der Waals surface area contributed by atoms with Crippen molar-refractivity contribution in [1.82, 2.24) is 5.32 Å². The van der Waals surface area contributed by atoms with E-state index in [1.165, 1.54) is 9.75 Å². The smallest absolute Gasteiger partial charge is 0.0512 e. The molecule has 0 aromatic carbocycles. The molecule has 3 heteroatoms. The van der Waals surface area contributed by atoms with Gasteiger partial charge in [-0.15, -0.1) is 11.3 Å². The van der Waals surface area contributed by atoms with Crippen molar-refractivity contribution in [2.45, 2.75) is 45.8 Å². The van der Waals surface area contributed by atoms with Gasteiger partial charge in [-0.3, -0.25) is 0 Å². The molecule has 2 unspecified atom stereocenters. The first-order chi connectivity index (χ1) is 7.09. The van der Waals surface area contributed by atoms with Gasteiger partial charge in [0.1, 0.15) is 0 Å². The number of aryl methyl sites for hydroxylation is 1. The van der Waals surface area contributed by atoms with Gasteiger partial charge < -0.3 is 10.4 Å². The average Bonchev–Trinajstić information content (AvgIpc) is 2.59. The lowest BCUT2D eigenvalue weighted by Crippen LogP contribution is -2.19. The third-order valence-corrected chi connectivity index (χ3v) is 3.62. The molecule has 0 amide bonds. The summed E-state index contributed by atoms with van der Waals surface area (Å²) in [7, 11) is 0. The zero-order valence-electron chi connectivity index (χ0n) is 9.79. The minimum absolute atomic E-state index is 0.175. The molecule has 0 aliphatic rings. The Morgan fingerprint density at radius 2 is 2.13 bits per heavy atom. The van der Waals surface area contributed by atoms with Gasteiger partial charge in [0, 0.05) is 15.8 Å². The fourth-order valence-electron chi connectivity index (χ4n) is 1.50. The Labute approximate surface area is 96.3 Å². The van der Waals surface area contributed by atoms with Crippen molar-refractivity contribution in [2.75, 3.05) is 6.54 Å². The number of rotatable bonds is 6. The molecule has 2 nitrogen and oxygen atoms in total. The second kappa shape index (κ2) is 6.26. The molecule has 0 saturated heterocycles. The van der Waals surface area contributed by atoms with Crippen LogP contribution in [0.4, 0.5) is 0 Å². The summed E-state index contributed by atoms with van der Waals surface area (Å²) in [6, 6.07) is 4.78. The summed E-state index contributed by atoms with van der Waals surface area (Å²) in [5.74, 6) is 0. The van der Waals surface area contributed by atoms with Gasteiger partial charge in [0.15, 0.2) is 0 Å². The van der Waals surface area contributed by atoms with Gasteiger partial charge in [-0.25, -0.2) is 0 Å². The van der Waals surface area contributed by atoms with E-state index in [2.05, 4.69) is 31.3 Å². The largest absolute Gasteiger partial charge is 0.393 e. The first-order valence-corrected chi connectivity index (χ1v) is 6.39. The molecule has 2 atom stereocenters. The van der Waals surface area contributed by atoms with Crippen LogP contribution in [0.3, 0.4) is 0 Å². The van der Waals surface area contributed by atoms with E-state index in [0.717, 1.165) is 19.4 Å². The Bertz CT molecular complexity index is 283. The van der Waals surface area contributed by atoms with Crippen LogP contribution in [0.5, 0.6) is 0 Å². The summed E-state index contributed by atoms with van der Waals surface area (Å²) < 4.78 is 0. The monoisotopic (exact) mass is 227 g/mol. The van der Waals surface area contributed by atoms with E-state index in [4.69, 9.17) is 5.11 Å². The second-order valence-electron chi connectivity index (χ2n) is 4.12. The van der Waals surface area contributed by atoms with Gasteiger partial charge in [-0.2, -0.15) is 0 Å². The van der Waals surface area contributed by atoms with Crippen molar-refractivity contribution >= 4 is 11.3 Å². The molecule has 15 heavy (non-hydrogen) atoms. The number of aliphatic hydroxyl groups excluding tert-OH is 1. The van der Waals surface area contributed by atoms with Crippen LogP contribution >= 0.6 is 11.3 Å². The average molecular weight is 227 g/mol. The normalized spacial score (nSPS) is 15.2. The third kappa shape index (κ3) is 4.78. The summed E-state index contributed by atoms with van der Waals surface area (Å²) >= 11 is 1.85. The molecule has 0 saturated carbocycles. The van der Waals surface area contributed by atoms with E-state index < -0.39 is 0 Å². The Balaban J connectivity index is 2.21. The highest BCUT2D eigenvalue weighted by atomic mass is 32.1. The molecule has 86 valence electrons. The van der Waals surface area contributed by atoms with E-state index in [0.29, 0.717) is 6.04 Å². The Hall–Kier alpha value is -0.380. The highest BCUT2D eigenvalue weighted by molar-refractivity contribution is 7.12. The molecule has 1 rings (SSSR count). The summed E-state index contributed by atoms with van der Waals surface area (Å²) in [5.41, 5.74) is 0. The highest BCUT2D eigenvalue weighted by Gasteiger charge is 2.06. The van der Waals surface area contributed by atoms with Gasteiger partial charge in [-0.05, 0) is 52.3 Å². The van der Waals surface area contributed by atoms with Crippen LogP contribution in [0.25, 0.3) is 0 Å². The lowest BCUT2D eigenvalue weighted by Gasteiger charge is -2.12. The Kier molecular flexibility index (Phi) is 5.29. The lowest BCUT2D eigenvalue weighted by molar-refractivity contribution is 0.181. The standard InChI is InChI=1S/C12H21NOS/c1-9(14)5-4-8-13-11(3)12-7-6-10(2)15-12/h6-7,9,11,13-14H,4-5,8H2,1-3H3. The molecule has 0 fully saturated rings. The first-order valence-electron chi connectivity index (χ1n) is 5.57. The van der Waals surface area contributed by atoms with Gasteiger partial charge in [0.2, 0.25) is 0 Å². The number of aliphatic hydroxyl groups is 1. The first kappa shape index (κ1) is 12.7. The van der Waals surface area contributed by atoms with E-state index in [9.17, 15) is 0 Å². The van der Waals surface area contributed by atoms with Gasteiger partial charge in [0.25, 0.3) is 0 Å². The molecule has 1 aromatic rings. The van der Waals surface area contributed by atoms with Crippen LogP contribution in [0.15, 0.2) is 12.1 Å². The summed E-state index contributed by atoms with van der Waals surface area (Å²) in [4.78, 5) is 2.76. The SMILES string of the molecule is Cc1ccc(C(C)NCCCC(C)O)s1. The van der Waals surface area contributed by atoms with E-state index in [1.807, 2.05) is 18.3 Å². The van der Waals surface area contributed by atoms with Crippen LogP contribution in [0.2, 0.25) is 0 Å². The number of nitrogens with one attached hydrogen (secondary N) is 1. The van der Waals surface area contributed by atoms with E-state index in [-0.39, 0.29) is 6.10 Å². The summed E-state index contributed by atoms with van der Waals surface area (Å²) in [5, 5.41) is 12.6. The van der Waals surface area contributed by atoms with Crippen molar-refractivity contribution in [3.8, 4) is 0 Å². The second-order valence-corrected chi connectivity index (χ2v) is 5.43. The van der Waals surface area contributed by atoms with Crippen LogP contribution in [-0.4, -0.2) is 17.8 Å². The highest BCUT2D eigenvalue weighted by Crippen LogP contribution is 2.22. The van der Waals surface area contributed by atoms with Gasteiger partial charge >= 0.3 is 0 Å². The minimum atomic E-state index is -0.175. The Morgan fingerprint density at radius 3 is 2.67 bits per heavy atom. The number of hydrogen-bond donors (Lipinski definition) is 2. The van der Waals surface area contributed by atoms with Crippen LogP contribution in [0, 0.1) is 6.92 Å². The van der Waals surface area contributed by atoms with Crippen LogP contribution in [0.1, 0.15) is 42.5 Å². The van der Waals surface area contributed by atoms with Crippen molar-refractivity contribution in [2.24, 2.45) is 0 Å². The summed E-state index contributed by atoms with van der Waals surface area (Å²) in [6.45, 7) is 7.14. The van der Waals surface area contributed by atoms with Crippen LogP contribution in [-0.2, 0) is 0 Å². The lowest BCUT2D eigenvalue weighted by atomic mass is 10.2. The molecular weight excluding hydrogens is 206 g/mol. The summed E-state index contributed by atoms with van der Waals surface area (Å²) in [6.07, 6.45) is 1.74. The minimum Gasteiger partial charge on any atom is -0.393 e. The third-order valence-electron chi connectivity index (χ3n) is 2.44. The number of thiophene rings is 1. The van der Waals surface area contributed by atoms with Crippen molar-refractivity contribution in [3.05, 3.63) is 21.9 Å². The fraction of sp³-hybridized carbons (Fsp3) is 0.667. The molecule has 2 N–H and O–H groups in total. The maximum Gasteiger partial charge on any atom is 0.0512 e. The molecule has 0 aliphatic heterocycles. The van der Waals surface area contributed by atoms with Crippen LogP contribution < -0.4 is 5.32 Å². The maximum atomic E-state index is 9.11. The molecule has 0 spiro atoms. The number of hydrogen-bond acceptors (Lipinski definition) is 3. The molecule has 0 radical (unpaired) electrons. The maximum absolute atomic E-state index is 9.11. The van der Waals surface area contributed by atoms with E-state index >= 15 is 0 Å². The van der Waals surface area contributed by atoms with E-state index in [1.54, 1.807) is 0 Å². The fourth-order valence-corrected chi connectivity index (χ4v) is 2.41. The topological polar surface area (TPSA) is 32.3 Å². The predicted molar refractivity (Wildman–Crippen MR) is 66.4 cm³/mol. The molecule has 0 bridgehead atoms. The zero-order valence-corrected chi connectivity index (χ0v) is 10.6. The van der Waals surface area contributed by atoms with Gasteiger partial charge in [0.05, 0.1) is 6.10 Å². The Morgan fingerprint density at radius 1 is 1.40 bits per heavy atom. The van der Waals surface area contributed by atoms with Gasteiger partial charge in [-0.1, -0.05) is 0 Å². The van der Waals surface area contributed by atoms with Crippen molar-refractivity contribution < 1.29 is 5.11 Å². The predicted octanol–water partition coefficient (Wildman–Crippen LogP) is 2.87. The van der Waals surface area contributed by atoms with Crippen molar-refractivity contribution in [3.63, 3.8) is 0 Å². The quantitative estimate of drug-likeness (QED) is 0.732. The molecule has 1 heterocycles. The molecule has 1 aromatic heterocycles. The zero-order chi connectivity index (χ0) is 11.3. The molecular formula is C12H21NOS.